The average molecular weight is 303 g/mol. The number of alkyl halides is 3. The Morgan fingerprint density at radius 1 is 1.24 bits per heavy atom. The van der Waals surface area contributed by atoms with E-state index in [4.69, 9.17) is 10.9 Å². The van der Waals surface area contributed by atoms with Crippen molar-refractivity contribution in [3.8, 4) is 0 Å². The number of rotatable bonds is 6. The summed E-state index contributed by atoms with van der Waals surface area (Å²) in [4.78, 5) is 1.94. The van der Waals surface area contributed by atoms with Crippen molar-refractivity contribution in [3.63, 3.8) is 0 Å². The van der Waals surface area contributed by atoms with Crippen LogP contribution in [0.3, 0.4) is 0 Å². The molecule has 0 radical (unpaired) electrons. The number of nitrogens with zero attached hydrogens (tertiary/aromatic N) is 2. The van der Waals surface area contributed by atoms with Gasteiger partial charge in [-0.2, -0.15) is 13.2 Å². The van der Waals surface area contributed by atoms with E-state index in [2.05, 4.69) is 5.16 Å². The minimum atomic E-state index is -4.47. The monoisotopic (exact) mass is 303 g/mol. The molecule has 0 aliphatic rings. The lowest BCUT2D eigenvalue weighted by Crippen LogP contribution is -2.28. The Labute approximate surface area is 122 Å². The molecule has 0 bridgehead atoms. The fraction of sp³-hybridized carbons (Fsp3) is 0.500. The maximum Gasteiger partial charge on any atom is 0.416 e. The van der Waals surface area contributed by atoms with Gasteiger partial charge in [0.25, 0.3) is 0 Å². The molecule has 0 saturated carbocycles. The van der Waals surface area contributed by atoms with Gasteiger partial charge < -0.3 is 15.8 Å². The standard InChI is InChI=1S/C14H20F3N3O/c1-3-7-20(8-4-2)12-6-5-10(14(15,16)17)9-11(12)13(18)19-21/h5-6,9,21H,3-4,7-8H2,1-2H3,(H2,18,19). The van der Waals surface area contributed by atoms with E-state index in [0.29, 0.717) is 18.8 Å². The molecule has 0 aromatic heterocycles. The molecule has 3 N–H and O–H groups in total. The Kier molecular flexibility index (Phi) is 5.87. The van der Waals surface area contributed by atoms with E-state index in [1.54, 1.807) is 0 Å². The minimum absolute atomic E-state index is 0.0919. The lowest BCUT2D eigenvalue weighted by Gasteiger charge is -2.26. The molecule has 1 aromatic carbocycles. The van der Waals surface area contributed by atoms with E-state index >= 15 is 0 Å². The normalized spacial score (nSPS) is 12.5. The van der Waals surface area contributed by atoms with E-state index in [1.807, 2.05) is 18.7 Å². The summed E-state index contributed by atoms with van der Waals surface area (Å²) < 4.78 is 38.4. The highest BCUT2D eigenvalue weighted by atomic mass is 19.4. The molecule has 0 aliphatic carbocycles. The van der Waals surface area contributed by atoms with Gasteiger partial charge in [-0.05, 0) is 31.0 Å². The number of hydrogen-bond donors (Lipinski definition) is 2. The van der Waals surface area contributed by atoms with Crippen LogP contribution in [0.1, 0.15) is 37.8 Å². The maximum absolute atomic E-state index is 12.8. The molecular formula is C14H20F3N3O. The highest BCUT2D eigenvalue weighted by Crippen LogP contribution is 2.33. The number of hydrogen-bond acceptors (Lipinski definition) is 3. The van der Waals surface area contributed by atoms with Crippen molar-refractivity contribution in [2.24, 2.45) is 10.9 Å². The van der Waals surface area contributed by atoms with E-state index in [1.165, 1.54) is 6.07 Å². The Morgan fingerprint density at radius 2 is 1.81 bits per heavy atom. The first-order chi connectivity index (χ1) is 9.85. The molecule has 0 saturated heterocycles. The van der Waals surface area contributed by atoms with Gasteiger partial charge in [0.15, 0.2) is 5.84 Å². The molecule has 4 nitrogen and oxygen atoms in total. The quantitative estimate of drug-likeness (QED) is 0.366. The summed E-state index contributed by atoms with van der Waals surface area (Å²) in [6.07, 6.45) is -2.78. The lowest BCUT2D eigenvalue weighted by molar-refractivity contribution is -0.137. The van der Waals surface area contributed by atoms with Gasteiger partial charge in [-0.3, -0.25) is 0 Å². The number of oxime groups is 1. The molecule has 0 amide bonds. The number of nitrogens with two attached hydrogens (primary N) is 1. The molecule has 0 spiro atoms. The zero-order valence-electron chi connectivity index (χ0n) is 12.1. The Balaban J connectivity index is 3.36. The van der Waals surface area contributed by atoms with Crippen LogP contribution in [0, 0.1) is 0 Å². The molecule has 0 aliphatic heterocycles. The predicted molar refractivity (Wildman–Crippen MR) is 76.7 cm³/mol. The van der Waals surface area contributed by atoms with Crippen LogP contribution in [0.15, 0.2) is 23.4 Å². The predicted octanol–water partition coefficient (Wildman–Crippen LogP) is 3.43. The summed E-state index contributed by atoms with van der Waals surface area (Å²) in [6.45, 7) is 5.33. The van der Waals surface area contributed by atoms with Crippen LogP contribution in [-0.4, -0.2) is 24.1 Å². The fourth-order valence-electron chi connectivity index (χ4n) is 2.14. The third-order valence-corrected chi connectivity index (χ3v) is 3.04. The van der Waals surface area contributed by atoms with Crippen molar-refractivity contribution in [3.05, 3.63) is 29.3 Å². The van der Waals surface area contributed by atoms with Gasteiger partial charge in [0, 0.05) is 24.3 Å². The third kappa shape index (κ3) is 4.27. The molecule has 0 fully saturated rings. The van der Waals surface area contributed by atoms with Gasteiger partial charge in [0.05, 0.1) is 5.56 Å². The van der Waals surface area contributed by atoms with Crippen molar-refractivity contribution >= 4 is 11.5 Å². The van der Waals surface area contributed by atoms with Crippen molar-refractivity contribution in [2.75, 3.05) is 18.0 Å². The van der Waals surface area contributed by atoms with Crippen LogP contribution < -0.4 is 10.6 Å². The van der Waals surface area contributed by atoms with Crippen LogP contribution in [0.2, 0.25) is 0 Å². The Bertz CT molecular complexity index is 495. The largest absolute Gasteiger partial charge is 0.416 e. The van der Waals surface area contributed by atoms with Crippen molar-refractivity contribution in [2.45, 2.75) is 32.9 Å². The highest BCUT2D eigenvalue weighted by Gasteiger charge is 2.31. The van der Waals surface area contributed by atoms with Gasteiger partial charge in [0.2, 0.25) is 0 Å². The first-order valence-electron chi connectivity index (χ1n) is 6.79. The smallest absolute Gasteiger partial charge is 0.409 e. The van der Waals surface area contributed by atoms with E-state index in [0.717, 1.165) is 25.0 Å². The number of amidine groups is 1. The molecule has 21 heavy (non-hydrogen) atoms. The second-order valence-electron chi connectivity index (χ2n) is 4.70. The van der Waals surface area contributed by atoms with Crippen molar-refractivity contribution in [1.82, 2.24) is 0 Å². The number of anilines is 1. The highest BCUT2D eigenvalue weighted by molar-refractivity contribution is 6.02. The van der Waals surface area contributed by atoms with Crippen molar-refractivity contribution < 1.29 is 18.4 Å². The molecule has 7 heteroatoms. The minimum Gasteiger partial charge on any atom is -0.409 e. The van der Waals surface area contributed by atoms with Crippen LogP contribution in [0.25, 0.3) is 0 Å². The lowest BCUT2D eigenvalue weighted by atomic mass is 10.1. The molecule has 0 unspecified atom stereocenters. The maximum atomic E-state index is 12.8. The molecular weight excluding hydrogens is 283 g/mol. The topological polar surface area (TPSA) is 61.8 Å². The first-order valence-corrected chi connectivity index (χ1v) is 6.79. The number of benzene rings is 1. The zero-order valence-corrected chi connectivity index (χ0v) is 12.1. The van der Waals surface area contributed by atoms with E-state index in [-0.39, 0.29) is 11.4 Å². The molecule has 1 aromatic rings. The average Bonchev–Trinajstić information content (AvgIpc) is 2.44. The zero-order chi connectivity index (χ0) is 16.0. The van der Waals surface area contributed by atoms with Crippen molar-refractivity contribution in [1.29, 1.82) is 0 Å². The summed E-state index contributed by atoms with van der Waals surface area (Å²) in [5.41, 5.74) is 5.36. The molecule has 0 atom stereocenters. The van der Waals surface area contributed by atoms with Crippen LogP contribution in [0.5, 0.6) is 0 Å². The second kappa shape index (κ2) is 7.19. The summed E-state index contributed by atoms with van der Waals surface area (Å²) in [7, 11) is 0. The summed E-state index contributed by atoms with van der Waals surface area (Å²) in [6, 6.07) is 3.31. The summed E-state index contributed by atoms with van der Waals surface area (Å²) in [5.74, 6) is -0.326. The first kappa shape index (κ1) is 17.1. The molecule has 0 heterocycles. The van der Waals surface area contributed by atoms with E-state index < -0.39 is 11.7 Å². The summed E-state index contributed by atoms with van der Waals surface area (Å²) >= 11 is 0. The van der Waals surface area contributed by atoms with Gasteiger partial charge in [-0.1, -0.05) is 19.0 Å². The molecule has 1 rings (SSSR count). The molecule has 118 valence electrons. The number of halogens is 3. The Hall–Kier alpha value is -1.92. The van der Waals surface area contributed by atoms with Crippen LogP contribution >= 0.6 is 0 Å². The third-order valence-electron chi connectivity index (χ3n) is 3.04. The van der Waals surface area contributed by atoms with Gasteiger partial charge in [-0.15, -0.1) is 0 Å². The van der Waals surface area contributed by atoms with Gasteiger partial charge >= 0.3 is 6.18 Å². The summed E-state index contributed by atoms with van der Waals surface area (Å²) in [5, 5.41) is 11.7. The van der Waals surface area contributed by atoms with Gasteiger partial charge in [-0.25, -0.2) is 0 Å². The van der Waals surface area contributed by atoms with Crippen LogP contribution in [0.4, 0.5) is 18.9 Å². The second-order valence-corrected chi connectivity index (χ2v) is 4.70. The Morgan fingerprint density at radius 3 is 2.24 bits per heavy atom. The SMILES string of the molecule is CCCN(CCC)c1ccc(C(F)(F)F)cc1/C(N)=N/O. The fourth-order valence-corrected chi connectivity index (χ4v) is 2.14. The van der Waals surface area contributed by atoms with E-state index in [9.17, 15) is 13.2 Å². The van der Waals surface area contributed by atoms with Gasteiger partial charge in [0.1, 0.15) is 0 Å². The van der Waals surface area contributed by atoms with Crippen LogP contribution in [-0.2, 0) is 6.18 Å².